The molecule has 27 heavy (non-hydrogen) atoms. The molecule has 1 aromatic carbocycles. The summed E-state index contributed by atoms with van der Waals surface area (Å²) in [5.74, 6) is 1.13. The number of amides is 1. The molecule has 0 aliphatic rings. The molecule has 2 aromatic heterocycles. The Morgan fingerprint density at radius 2 is 2.11 bits per heavy atom. The third kappa shape index (κ3) is 5.27. The summed E-state index contributed by atoms with van der Waals surface area (Å²) in [6.07, 6.45) is 3.96. The van der Waals surface area contributed by atoms with Crippen molar-refractivity contribution in [2.24, 2.45) is 5.73 Å². The molecule has 3 aromatic rings. The van der Waals surface area contributed by atoms with E-state index in [0.717, 1.165) is 64.2 Å². The number of fused-ring (bicyclic) bond motifs is 1. The Bertz CT molecular complexity index is 920. The first-order chi connectivity index (χ1) is 13.1. The van der Waals surface area contributed by atoms with Crippen LogP contribution in [0.15, 0.2) is 22.5 Å². The Hall–Kier alpha value is -1.97. The number of carbonyl (C=O) groups excluding carboxylic acids is 1. The first kappa shape index (κ1) is 19.8. The molecule has 7 nitrogen and oxygen atoms in total. The minimum Gasteiger partial charge on any atom is -0.330 e. The van der Waals surface area contributed by atoms with Crippen molar-refractivity contribution in [2.75, 3.05) is 17.6 Å². The molecule has 144 valence electrons. The van der Waals surface area contributed by atoms with E-state index in [-0.39, 0.29) is 5.91 Å². The summed E-state index contributed by atoms with van der Waals surface area (Å²) in [5.41, 5.74) is 8.56. The van der Waals surface area contributed by atoms with Gasteiger partial charge in [-0.1, -0.05) is 41.7 Å². The zero-order chi connectivity index (χ0) is 19.2. The molecule has 0 spiro atoms. The predicted octanol–water partition coefficient (Wildman–Crippen LogP) is 3.20. The largest absolute Gasteiger partial charge is 0.330 e. The lowest BCUT2D eigenvalue weighted by molar-refractivity contribution is -0.113. The van der Waals surface area contributed by atoms with Gasteiger partial charge in [0.1, 0.15) is 0 Å². The van der Waals surface area contributed by atoms with Gasteiger partial charge in [-0.2, -0.15) is 4.52 Å². The van der Waals surface area contributed by atoms with Gasteiger partial charge in [0, 0.05) is 12.1 Å². The summed E-state index contributed by atoms with van der Waals surface area (Å²) in [7, 11) is 0. The number of aryl methyl sites for hydroxylation is 3. The van der Waals surface area contributed by atoms with Crippen molar-refractivity contribution in [3.63, 3.8) is 0 Å². The first-order valence-corrected chi connectivity index (χ1v) is 10.8. The Morgan fingerprint density at radius 3 is 2.93 bits per heavy atom. The van der Waals surface area contributed by atoms with Crippen LogP contribution in [-0.2, 0) is 11.2 Å². The monoisotopic (exact) mass is 404 g/mol. The van der Waals surface area contributed by atoms with E-state index in [2.05, 4.69) is 20.6 Å². The van der Waals surface area contributed by atoms with Crippen LogP contribution in [0.4, 0.5) is 5.69 Å². The highest BCUT2D eigenvalue weighted by atomic mass is 32.2. The Balaban J connectivity index is 1.56. The molecule has 1 amide bonds. The normalized spacial score (nSPS) is 11.2. The molecule has 0 atom stereocenters. The number of anilines is 1. The lowest BCUT2D eigenvalue weighted by atomic mass is 10.1. The molecule has 0 aliphatic heterocycles. The Labute approximate surface area is 166 Å². The standard InChI is InChI=1S/C18H24N6OS2/c1-12-7-8-13(2)14(10-12)20-16(25)11-26-18-23-24-15(6-4-3-5-9-19)21-22-17(24)27-18/h7-8,10H,3-6,9,11,19H2,1-2H3,(H,20,25). The molecule has 0 saturated heterocycles. The smallest absolute Gasteiger partial charge is 0.235 e. The van der Waals surface area contributed by atoms with Gasteiger partial charge >= 0.3 is 0 Å². The van der Waals surface area contributed by atoms with Crippen LogP contribution in [0.25, 0.3) is 4.96 Å². The van der Waals surface area contributed by atoms with Crippen molar-refractivity contribution in [1.82, 2.24) is 19.8 Å². The van der Waals surface area contributed by atoms with Crippen molar-refractivity contribution < 1.29 is 4.79 Å². The highest BCUT2D eigenvalue weighted by Crippen LogP contribution is 2.25. The second-order valence-electron chi connectivity index (χ2n) is 6.43. The number of unbranched alkanes of at least 4 members (excludes halogenated alkanes) is 2. The van der Waals surface area contributed by atoms with Crippen LogP contribution >= 0.6 is 23.1 Å². The number of benzene rings is 1. The molecule has 3 N–H and O–H groups in total. The molecule has 0 bridgehead atoms. The van der Waals surface area contributed by atoms with Gasteiger partial charge in [-0.05, 0) is 50.4 Å². The minimum atomic E-state index is -0.0401. The number of hydrogen-bond donors (Lipinski definition) is 2. The van der Waals surface area contributed by atoms with E-state index in [9.17, 15) is 4.79 Å². The van der Waals surface area contributed by atoms with Crippen LogP contribution in [0.1, 0.15) is 36.2 Å². The van der Waals surface area contributed by atoms with Crippen LogP contribution < -0.4 is 11.1 Å². The Kier molecular flexibility index (Phi) is 6.81. The number of aromatic nitrogens is 4. The van der Waals surface area contributed by atoms with Crippen molar-refractivity contribution in [3.05, 3.63) is 35.2 Å². The molecule has 9 heteroatoms. The summed E-state index contributed by atoms with van der Waals surface area (Å²) in [6, 6.07) is 6.03. The molecule has 2 heterocycles. The molecule has 0 saturated carbocycles. The van der Waals surface area contributed by atoms with E-state index in [1.807, 2.05) is 32.0 Å². The van der Waals surface area contributed by atoms with Gasteiger partial charge in [0.15, 0.2) is 10.2 Å². The fourth-order valence-electron chi connectivity index (χ4n) is 2.64. The van der Waals surface area contributed by atoms with Gasteiger partial charge in [0.25, 0.3) is 0 Å². The minimum absolute atomic E-state index is 0.0401. The second-order valence-corrected chi connectivity index (χ2v) is 8.61. The van der Waals surface area contributed by atoms with Gasteiger partial charge in [0.2, 0.25) is 10.9 Å². The maximum Gasteiger partial charge on any atom is 0.235 e. The van der Waals surface area contributed by atoms with Crippen molar-refractivity contribution in [2.45, 2.75) is 43.9 Å². The maximum absolute atomic E-state index is 12.3. The topological polar surface area (TPSA) is 98.2 Å². The maximum atomic E-state index is 12.3. The third-order valence-electron chi connectivity index (χ3n) is 4.14. The number of nitrogens with zero attached hydrogens (tertiary/aromatic N) is 4. The number of hydrogen-bond acceptors (Lipinski definition) is 7. The highest BCUT2D eigenvalue weighted by Gasteiger charge is 2.13. The van der Waals surface area contributed by atoms with Crippen LogP contribution in [0.2, 0.25) is 0 Å². The van der Waals surface area contributed by atoms with Crippen LogP contribution in [0, 0.1) is 13.8 Å². The molecule has 0 radical (unpaired) electrons. The SMILES string of the molecule is Cc1ccc(C)c(NC(=O)CSc2nn3c(CCCCCN)nnc3s2)c1. The first-order valence-electron chi connectivity index (χ1n) is 8.98. The van der Waals surface area contributed by atoms with Crippen LogP contribution in [0.5, 0.6) is 0 Å². The fraction of sp³-hybridized carbons (Fsp3) is 0.444. The molecule has 3 rings (SSSR count). The van der Waals surface area contributed by atoms with Gasteiger partial charge in [-0.25, -0.2) is 0 Å². The number of carbonyl (C=O) groups is 1. The molecule has 0 unspecified atom stereocenters. The van der Waals surface area contributed by atoms with Gasteiger partial charge < -0.3 is 11.1 Å². The van der Waals surface area contributed by atoms with E-state index >= 15 is 0 Å². The predicted molar refractivity (Wildman–Crippen MR) is 111 cm³/mol. The molecular formula is C18H24N6OS2. The summed E-state index contributed by atoms with van der Waals surface area (Å²) >= 11 is 2.88. The third-order valence-corrected chi connectivity index (χ3v) is 6.17. The average molecular weight is 405 g/mol. The van der Waals surface area contributed by atoms with E-state index in [0.29, 0.717) is 5.75 Å². The highest BCUT2D eigenvalue weighted by molar-refractivity contribution is 8.01. The van der Waals surface area contributed by atoms with E-state index < -0.39 is 0 Å². The van der Waals surface area contributed by atoms with Crippen LogP contribution in [-0.4, -0.2) is 38.0 Å². The molecular weight excluding hydrogens is 380 g/mol. The Morgan fingerprint density at radius 1 is 1.26 bits per heavy atom. The van der Waals surface area contributed by atoms with E-state index in [1.165, 1.54) is 23.1 Å². The van der Waals surface area contributed by atoms with Crippen molar-refractivity contribution in [3.8, 4) is 0 Å². The van der Waals surface area contributed by atoms with Gasteiger partial charge in [0.05, 0.1) is 5.75 Å². The van der Waals surface area contributed by atoms with Gasteiger partial charge in [-0.3, -0.25) is 4.79 Å². The van der Waals surface area contributed by atoms with Crippen molar-refractivity contribution in [1.29, 1.82) is 0 Å². The van der Waals surface area contributed by atoms with E-state index in [1.54, 1.807) is 4.52 Å². The number of thioether (sulfide) groups is 1. The fourth-order valence-corrected chi connectivity index (χ4v) is 4.34. The lowest BCUT2D eigenvalue weighted by Gasteiger charge is -2.08. The quantitative estimate of drug-likeness (QED) is 0.420. The zero-order valence-electron chi connectivity index (χ0n) is 15.6. The number of rotatable bonds is 9. The average Bonchev–Trinajstić information content (AvgIpc) is 3.21. The summed E-state index contributed by atoms with van der Waals surface area (Å²) < 4.78 is 2.61. The van der Waals surface area contributed by atoms with Crippen molar-refractivity contribution >= 4 is 39.7 Å². The van der Waals surface area contributed by atoms with Crippen LogP contribution in [0.3, 0.4) is 0 Å². The summed E-state index contributed by atoms with van der Waals surface area (Å²) in [6.45, 7) is 4.72. The summed E-state index contributed by atoms with van der Waals surface area (Å²) in [5, 5.41) is 15.9. The number of nitrogens with two attached hydrogens (primary N) is 1. The summed E-state index contributed by atoms with van der Waals surface area (Å²) in [4.78, 5) is 13.0. The molecule has 0 fully saturated rings. The lowest BCUT2D eigenvalue weighted by Crippen LogP contribution is -2.14. The zero-order valence-corrected chi connectivity index (χ0v) is 17.2. The second kappa shape index (κ2) is 9.29. The van der Waals surface area contributed by atoms with E-state index in [4.69, 9.17) is 5.73 Å². The molecule has 0 aliphatic carbocycles. The van der Waals surface area contributed by atoms with Gasteiger partial charge in [-0.15, -0.1) is 15.3 Å². The number of nitrogens with one attached hydrogen (secondary N) is 1.